The van der Waals surface area contributed by atoms with Crippen LogP contribution in [0.4, 0.5) is 11.4 Å². The molecule has 1 N–H and O–H groups in total. The summed E-state index contributed by atoms with van der Waals surface area (Å²) in [6, 6.07) is 10.8. The number of piperidine rings is 1. The molecular formula is C21H24N2O4. The van der Waals surface area contributed by atoms with Gasteiger partial charge in [0, 0.05) is 24.3 Å². The molecule has 1 saturated heterocycles. The molecule has 1 heterocycles. The van der Waals surface area contributed by atoms with Crippen LogP contribution in [0.15, 0.2) is 36.4 Å². The van der Waals surface area contributed by atoms with Crippen molar-refractivity contribution in [2.24, 2.45) is 0 Å². The van der Waals surface area contributed by atoms with Crippen molar-refractivity contribution >= 4 is 23.2 Å². The van der Waals surface area contributed by atoms with E-state index < -0.39 is 0 Å². The molecular weight excluding hydrogens is 344 g/mol. The predicted molar refractivity (Wildman–Crippen MR) is 105 cm³/mol. The normalized spacial score (nSPS) is 14.0. The molecule has 2 amide bonds. The number of anilines is 2. The van der Waals surface area contributed by atoms with Crippen LogP contribution in [0.1, 0.15) is 35.2 Å². The van der Waals surface area contributed by atoms with Crippen LogP contribution in [0, 0.1) is 6.92 Å². The quantitative estimate of drug-likeness (QED) is 0.872. The highest BCUT2D eigenvalue weighted by Gasteiger charge is 2.22. The Morgan fingerprint density at radius 3 is 2.41 bits per heavy atom. The molecule has 0 aliphatic carbocycles. The van der Waals surface area contributed by atoms with Gasteiger partial charge in [0.2, 0.25) is 5.91 Å². The lowest BCUT2D eigenvalue weighted by Crippen LogP contribution is -2.35. The van der Waals surface area contributed by atoms with Gasteiger partial charge >= 0.3 is 0 Å². The standard InChI is InChI=1S/C21H24N2O4/c1-14-10-11-15(13-16(14)23-12-5-4-9-19(23)24)22-21(25)20-17(26-2)7-6-8-18(20)27-3/h6-8,10-11,13H,4-5,9,12H2,1-3H3,(H,22,25). The molecule has 1 aliphatic rings. The summed E-state index contributed by atoms with van der Waals surface area (Å²) < 4.78 is 10.6. The number of hydrogen-bond acceptors (Lipinski definition) is 4. The fourth-order valence-electron chi connectivity index (χ4n) is 3.31. The summed E-state index contributed by atoms with van der Waals surface area (Å²) in [5.74, 6) is 0.666. The van der Waals surface area contributed by atoms with Crippen molar-refractivity contribution in [3.8, 4) is 11.5 Å². The highest BCUT2D eigenvalue weighted by Crippen LogP contribution is 2.31. The van der Waals surface area contributed by atoms with Gasteiger partial charge in [0.05, 0.1) is 14.2 Å². The fraction of sp³-hybridized carbons (Fsp3) is 0.333. The van der Waals surface area contributed by atoms with E-state index >= 15 is 0 Å². The first-order chi connectivity index (χ1) is 13.0. The summed E-state index contributed by atoms with van der Waals surface area (Å²) in [5.41, 5.74) is 2.79. The Bertz CT molecular complexity index is 841. The van der Waals surface area contributed by atoms with Crippen LogP contribution in [0.25, 0.3) is 0 Å². The smallest absolute Gasteiger partial charge is 0.263 e. The molecule has 2 aromatic carbocycles. The summed E-state index contributed by atoms with van der Waals surface area (Å²) in [5, 5.41) is 2.89. The van der Waals surface area contributed by atoms with Gasteiger partial charge in [-0.15, -0.1) is 0 Å². The first-order valence-corrected chi connectivity index (χ1v) is 8.98. The van der Waals surface area contributed by atoms with Crippen molar-refractivity contribution < 1.29 is 19.1 Å². The van der Waals surface area contributed by atoms with E-state index in [4.69, 9.17) is 9.47 Å². The molecule has 6 heteroatoms. The van der Waals surface area contributed by atoms with Gasteiger partial charge in [-0.05, 0) is 49.6 Å². The zero-order valence-corrected chi connectivity index (χ0v) is 15.9. The van der Waals surface area contributed by atoms with Crippen LogP contribution in [0.5, 0.6) is 11.5 Å². The van der Waals surface area contributed by atoms with Crippen LogP contribution in [0.3, 0.4) is 0 Å². The monoisotopic (exact) mass is 368 g/mol. The van der Waals surface area contributed by atoms with Gasteiger partial charge < -0.3 is 19.7 Å². The van der Waals surface area contributed by atoms with E-state index in [-0.39, 0.29) is 11.8 Å². The Hall–Kier alpha value is -3.02. The molecule has 1 fully saturated rings. The molecule has 142 valence electrons. The largest absolute Gasteiger partial charge is 0.496 e. The SMILES string of the molecule is COc1cccc(OC)c1C(=O)Nc1ccc(C)c(N2CCCCC2=O)c1. The minimum Gasteiger partial charge on any atom is -0.496 e. The maximum atomic E-state index is 12.9. The average Bonchev–Trinajstić information content (AvgIpc) is 2.69. The molecule has 1 aliphatic heterocycles. The van der Waals surface area contributed by atoms with E-state index in [0.29, 0.717) is 35.7 Å². The molecule has 3 rings (SSSR count). The van der Waals surface area contributed by atoms with Gasteiger partial charge in [-0.2, -0.15) is 0 Å². The van der Waals surface area contributed by atoms with Gasteiger partial charge in [-0.1, -0.05) is 12.1 Å². The lowest BCUT2D eigenvalue weighted by molar-refractivity contribution is -0.119. The fourth-order valence-corrected chi connectivity index (χ4v) is 3.31. The van der Waals surface area contributed by atoms with E-state index in [1.807, 2.05) is 25.1 Å². The zero-order valence-electron chi connectivity index (χ0n) is 15.9. The Balaban J connectivity index is 1.90. The van der Waals surface area contributed by atoms with Crippen LogP contribution in [-0.2, 0) is 4.79 Å². The number of benzene rings is 2. The van der Waals surface area contributed by atoms with Gasteiger partial charge in [-0.3, -0.25) is 9.59 Å². The van der Waals surface area contributed by atoms with Crippen molar-refractivity contribution in [3.05, 3.63) is 47.5 Å². The predicted octanol–water partition coefficient (Wildman–Crippen LogP) is 3.78. The minimum absolute atomic E-state index is 0.124. The van der Waals surface area contributed by atoms with Gasteiger partial charge in [0.1, 0.15) is 17.1 Å². The second-order valence-electron chi connectivity index (χ2n) is 6.50. The molecule has 0 radical (unpaired) electrons. The third-order valence-electron chi connectivity index (χ3n) is 4.74. The van der Waals surface area contributed by atoms with Gasteiger partial charge in [0.25, 0.3) is 5.91 Å². The van der Waals surface area contributed by atoms with Crippen molar-refractivity contribution in [1.29, 1.82) is 0 Å². The number of aryl methyl sites for hydroxylation is 1. The highest BCUT2D eigenvalue weighted by atomic mass is 16.5. The van der Waals surface area contributed by atoms with Crippen LogP contribution >= 0.6 is 0 Å². The van der Waals surface area contributed by atoms with Crippen molar-refractivity contribution in [2.45, 2.75) is 26.2 Å². The number of methoxy groups -OCH3 is 2. The molecule has 0 spiro atoms. The van der Waals surface area contributed by atoms with E-state index in [2.05, 4.69) is 5.32 Å². The number of carbonyl (C=O) groups is 2. The second kappa shape index (κ2) is 8.12. The molecule has 0 bridgehead atoms. The van der Waals surface area contributed by atoms with Gasteiger partial charge in [-0.25, -0.2) is 0 Å². The number of nitrogens with zero attached hydrogens (tertiary/aromatic N) is 1. The summed E-state index contributed by atoms with van der Waals surface area (Å²) in [7, 11) is 3.02. The third-order valence-corrected chi connectivity index (χ3v) is 4.74. The molecule has 0 unspecified atom stereocenters. The Morgan fingerprint density at radius 2 is 1.78 bits per heavy atom. The summed E-state index contributed by atoms with van der Waals surface area (Å²) in [4.78, 5) is 26.9. The van der Waals surface area contributed by atoms with Crippen LogP contribution in [0.2, 0.25) is 0 Å². The number of carbonyl (C=O) groups excluding carboxylic acids is 2. The van der Waals surface area contributed by atoms with E-state index in [0.717, 1.165) is 24.1 Å². The first-order valence-electron chi connectivity index (χ1n) is 8.98. The van der Waals surface area contributed by atoms with Crippen LogP contribution < -0.4 is 19.7 Å². The average molecular weight is 368 g/mol. The number of nitrogens with one attached hydrogen (secondary N) is 1. The van der Waals surface area contributed by atoms with Crippen molar-refractivity contribution in [3.63, 3.8) is 0 Å². The van der Waals surface area contributed by atoms with E-state index in [1.165, 1.54) is 14.2 Å². The topological polar surface area (TPSA) is 67.9 Å². The number of ether oxygens (including phenoxy) is 2. The number of rotatable bonds is 5. The Labute approximate surface area is 159 Å². The van der Waals surface area contributed by atoms with Crippen LogP contribution in [-0.4, -0.2) is 32.6 Å². The third kappa shape index (κ3) is 3.89. The maximum Gasteiger partial charge on any atom is 0.263 e. The molecule has 0 saturated carbocycles. The van der Waals surface area contributed by atoms with Gasteiger partial charge in [0.15, 0.2) is 0 Å². The molecule has 0 aromatic heterocycles. The number of hydrogen-bond donors (Lipinski definition) is 1. The minimum atomic E-state index is -0.330. The lowest BCUT2D eigenvalue weighted by Gasteiger charge is -2.28. The molecule has 6 nitrogen and oxygen atoms in total. The van der Waals surface area contributed by atoms with E-state index in [1.54, 1.807) is 23.1 Å². The van der Waals surface area contributed by atoms with E-state index in [9.17, 15) is 9.59 Å². The summed E-state index contributed by atoms with van der Waals surface area (Å²) >= 11 is 0. The lowest BCUT2D eigenvalue weighted by atomic mass is 10.1. The summed E-state index contributed by atoms with van der Waals surface area (Å²) in [6.45, 7) is 2.67. The first kappa shape index (κ1) is 18.8. The summed E-state index contributed by atoms with van der Waals surface area (Å²) in [6.07, 6.45) is 2.48. The molecule has 2 aromatic rings. The Morgan fingerprint density at radius 1 is 1.07 bits per heavy atom. The number of amides is 2. The molecule has 27 heavy (non-hydrogen) atoms. The van der Waals surface area contributed by atoms with Crippen molar-refractivity contribution in [1.82, 2.24) is 0 Å². The highest BCUT2D eigenvalue weighted by molar-refractivity contribution is 6.08. The molecule has 0 atom stereocenters. The maximum absolute atomic E-state index is 12.9. The Kier molecular flexibility index (Phi) is 5.64. The van der Waals surface area contributed by atoms with Crippen molar-refractivity contribution in [2.75, 3.05) is 31.0 Å². The zero-order chi connectivity index (χ0) is 19.4. The second-order valence-corrected chi connectivity index (χ2v) is 6.50.